The van der Waals surface area contributed by atoms with Gasteiger partial charge in [-0.2, -0.15) is 0 Å². The standard InChI is InChI=1S/C32H23F3N4O5S/c1-36-32(40)28-21-13-20(24(38(2)45(3,41)42)14-27(21)44-31(28)16-4-6-18(33)7-5-16)23-8-9-26-29(37-23)25-11-17-10-19(34)12-22(35)30(17)39(25)15-43-26/h4-14H,15H2,1-3H3,(H,36,40). The molecular formula is C32H23F3N4O5S. The second-order valence-corrected chi connectivity index (χ2v) is 12.6. The van der Waals surface area contributed by atoms with Gasteiger partial charge < -0.3 is 19.0 Å². The van der Waals surface area contributed by atoms with Crippen LogP contribution >= 0.6 is 0 Å². The Bertz CT molecular complexity index is 2310. The summed E-state index contributed by atoms with van der Waals surface area (Å²) in [7, 11) is -0.957. The summed E-state index contributed by atoms with van der Waals surface area (Å²) in [4.78, 5) is 18.0. The molecule has 0 radical (unpaired) electrons. The van der Waals surface area contributed by atoms with E-state index in [2.05, 4.69) is 5.32 Å². The summed E-state index contributed by atoms with van der Waals surface area (Å²) < 4.78 is 82.7. The van der Waals surface area contributed by atoms with E-state index in [4.69, 9.17) is 14.1 Å². The van der Waals surface area contributed by atoms with Gasteiger partial charge in [0.15, 0.2) is 6.73 Å². The first-order valence-electron chi connectivity index (χ1n) is 13.6. The minimum absolute atomic E-state index is 0.0277. The van der Waals surface area contributed by atoms with E-state index < -0.39 is 33.4 Å². The van der Waals surface area contributed by atoms with Crippen LogP contribution in [0.3, 0.4) is 0 Å². The molecule has 0 saturated carbocycles. The van der Waals surface area contributed by atoms with Crippen LogP contribution < -0.4 is 14.4 Å². The van der Waals surface area contributed by atoms with Crippen molar-refractivity contribution < 1.29 is 35.5 Å². The lowest BCUT2D eigenvalue weighted by Gasteiger charge is -2.23. The average Bonchev–Trinajstić information content (AvgIpc) is 3.57. The lowest BCUT2D eigenvalue weighted by atomic mass is 10.0. The summed E-state index contributed by atoms with van der Waals surface area (Å²) in [5.41, 5.74) is 2.61. The van der Waals surface area contributed by atoms with Crippen molar-refractivity contribution in [1.29, 1.82) is 0 Å². The molecule has 0 atom stereocenters. The SMILES string of the molecule is CNC(=O)c1c(-c2ccc(F)cc2)oc2cc(N(C)S(C)(=O)=O)c(-c3ccc4c(n3)-c3cc5cc(F)cc(F)c5n3CO4)cc12. The molecule has 13 heteroatoms. The number of ether oxygens (including phenoxy) is 1. The number of halogens is 3. The van der Waals surface area contributed by atoms with Crippen molar-refractivity contribution in [1.82, 2.24) is 14.9 Å². The number of nitrogens with zero attached hydrogens (tertiary/aromatic N) is 3. The number of pyridine rings is 1. The molecule has 3 aromatic heterocycles. The molecule has 1 aliphatic heterocycles. The third-order valence-electron chi connectivity index (χ3n) is 7.84. The molecule has 4 heterocycles. The quantitative estimate of drug-likeness (QED) is 0.239. The van der Waals surface area contributed by atoms with Gasteiger partial charge >= 0.3 is 0 Å². The zero-order valence-corrected chi connectivity index (χ0v) is 24.8. The highest BCUT2D eigenvalue weighted by molar-refractivity contribution is 7.92. The van der Waals surface area contributed by atoms with Gasteiger partial charge in [0, 0.05) is 48.1 Å². The molecule has 0 bridgehead atoms. The predicted octanol–water partition coefficient (Wildman–Crippen LogP) is 6.31. The molecule has 1 amide bonds. The van der Waals surface area contributed by atoms with Crippen LogP contribution in [0.1, 0.15) is 10.4 Å². The Hall–Kier alpha value is -5.30. The van der Waals surface area contributed by atoms with Crippen molar-refractivity contribution in [2.24, 2.45) is 0 Å². The molecule has 1 N–H and O–H groups in total. The van der Waals surface area contributed by atoms with Crippen molar-refractivity contribution in [3.8, 4) is 39.7 Å². The number of nitrogens with one attached hydrogen (secondary N) is 1. The maximum Gasteiger partial charge on any atom is 0.255 e. The van der Waals surface area contributed by atoms with Crippen LogP contribution in [0.4, 0.5) is 18.9 Å². The Morgan fingerprint density at radius 1 is 1.00 bits per heavy atom. The predicted molar refractivity (Wildman–Crippen MR) is 163 cm³/mol. The number of benzene rings is 3. The first-order chi connectivity index (χ1) is 21.4. The van der Waals surface area contributed by atoms with Gasteiger partial charge in [0.1, 0.15) is 40.2 Å². The second kappa shape index (κ2) is 10.1. The van der Waals surface area contributed by atoms with Crippen LogP contribution in [-0.2, 0) is 16.8 Å². The maximum absolute atomic E-state index is 14.8. The van der Waals surface area contributed by atoms with E-state index in [1.807, 2.05) is 0 Å². The number of fused-ring (bicyclic) bond motifs is 6. The molecule has 45 heavy (non-hydrogen) atoms. The molecular weight excluding hydrogens is 609 g/mol. The van der Waals surface area contributed by atoms with E-state index in [9.17, 15) is 26.4 Å². The van der Waals surface area contributed by atoms with Gasteiger partial charge in [-0.15, -0.1) is 0 Å². The van der Waals surface area contributed by atoms with Crippen LogP contribution in [0.15, 0.2) is 71.1 Å². The number of hydrogen-bond acceptors (Lipinski definition) is 6. The van der Waals surface area contributed by atoms with Crippen molar-refractivity contribution in [3.05, 3.63) is 89.7 Å². The Morgan fingerprint density at radius 2 is 1.76 bits per heavy atom. The van der Waals surface area contributed by atoms with Crippen LogP contribution in [0.25, 0.3) is 55.8 Å². The summed E-state index contributed by atoms with van der Waals surface area (Å²) >= 11 is 0. The Labute approximate surface area is 254 Å². The molecule has 0 fully saturated rings. The Balaban J connectivity index is 1.49. The highest BCUT2D eigenvalue weighted by atomic mass is 32.2. The number of furan rings is 1. The molecule has 0 spiro atoms. The summed E-state index contributed by atoms with van der Waals surface area (Å²) in [5, 5.41) is 3.29. The fraction of sp³-hybridized carbons (Fsp3) is 0.125. The van der Waals surface area contributed by atoms with E-state index in [-0.39, 0.29) is 34.8 Å². The number of sulfonamides is 1. The number of amides is 1. The smallest absolute Gasteiger partial charge is 0.255 e. The van der Waals surface area contributed by atoms with Gasteiger partial charge in [-0.25, -0.2) is 26.6 Å². The van der Waals surface area contributed by atoms with Crippen molar-refractivity contribution in [2.45, 2.75) is 6.73 Å². The minimum atomic E-state index is -3.79. The van der Waals surface area contributed by atoms with Gasteiger partial charge in [0.25, 0.3) is 5.91 Å². The van der Waals surface area contributed by atoms with E-state index in [0.717, 1.165) is 16.6 Å². The molecule has 7 rings (SSSR count). The van der Waals surface area contributed by atoms with Crippen LogP contribution in [0, 0.1) is 17.5 Å². The molecule has 9 nitrogen and oxygen atoms in total. The van der Waals surface area contributed by atoms with Crippen LogP contribution in [0.5, 0.6) is 5.75 Å². The molecule has 6 aromatic rings. The number of carbonyl (C=O) groups is 1. The van der Waals surface area contributed by atoms with Crippen molar-refractivity contribution in [3.63, 3.8) is 0 Å². The Morgan fingerprint density at radius 3 is 2.47 bits per heavy atom. The summed E-state index contributed by atoms with van der Waals surface area (Å²) in [6.07, 6.45) is 1.04. The number of carbonyl (C=O) groups excluding carboxylic acids is 1. The summed E-state index contributed by atoms with van der Waals surface area (Å²) in [6, 6.07) is 15.5. The zero-order chi connectivity index (χ0) is 31.8. The minimum Gasteiger partial charge on any atom is -0.470 e. The average molecular weight is 633 g/mol. The topological polar surface area (TPSA) is 107 Å². The van der Waals surface area contributed by atoms with Gasteiger partial charge in [0.2, 0.25) is 10.0 Å². The number of aromatic nitrogens is 2. The summed E-state index contributed by atoms with van der Waals surface area (Å²) in [6.45, 7) is -0.0277. The summed E-state index contributed by atoms with van der Waals surface area (Å²) in [5.74, 6) is -1.86. The second-order valence-electron chi connectivity index (χ2n) is 10.6. The van der Waals surface area contributed by atoms with Crippen molar-refractivity contribution in [2.75, 3.05) is 24.7 Å². The number of hydrogen-bond donors (Lipinski definition) is 1. The lowest BCUT2D eigenvalue weighted by Crippen LogP contribution is -2.25. The molecule has 1 aliphatic rings. The van der Waals surface area contributed by atoms with Crippen molar-refractivity contribution >= 4 is 43.5 Å². The third kappa shape index (κ3) is 4.58. The zero-order valence-electron chi connectivity index (χ0n) is 24.0. The first-order valence-corrected chi connectivity index (χ1v) is 15.4. The molecule has 228 valence electrons. The normalized spacial score (nSPS) is 12.6. The molecule has 3 aromatic carbocycles. The van der Waals surface area contributed by atoms with Gasteiger partial charge in [-0.05, 0) is 54.6 Å². The van der Waals surface area contributed by atoms with E-state index in [1.54, 1.807) is 28.8 Å². The van der Waals surface area contributed by atoms with Gasteiger partial charge in [-0.1, -0.05) is 0 Å². The molecule has 0 unspecified atom stereocenters. The molecule has 0 aliphatic carbocycles. The number of anilines is 1. The van der Waals surface area contributed by atoms with E-state index in [1.165, 1.54) is 50.5 Å². The fourth-order valence-electron chi connectivity index (χ4n) is 5.62. The van der Waals surface area contributed by atoms with E-state index >= 15 is 0 Å². The third-order valence-corrected chi connectivity index (χ3v) is 9.03. The van der Waals surface area contributed by atoms with E-state index in [0.29, 0.717) is 44.7 Å². The van der Waals surface area contributed by atoms with Crippen LogP contribution in [0.2, 0.25) is 0 Å². The maximum atomic E-state index is 14.8. The highest BCUT2D eigenvalue weighted by Crippen LogP contribution is 2.44. The first kappa shape index (κ1) is 28.5. The Kier molecular flexibility index (Phi) is 6.41. The van der Waals surface area contributed by atoms with Gasteiger partial charge in [-0.3, -0.25) is 9.10 Å². The van der Waals surface area contributed by atoms with Crippen LogP contribution in [-0.4, -0.2) is 44.2 Å². The fourth-order valence-corrected chi connectivity index (χ4v) is 6.13. The molecule has 0 saturated heterocycles. The monoisotopic (exact) mass is 632 g/mol. The largest absolute Gasteiger partial charge is 0.470 e. The van der Waals surface area contributed by atoms with Gasteiger partial charge in [0.05, 0.1) is 34.4 Å². The highest BCUT2D eigenvalue weighted by Gasteiger charge is 2.28. The lowest BCUT2D eigenvalue weighted by molar-refractivity contribution is 0.0964. The number of rotatable bonds is 5.